The molecule has 3 heteroatoms. The molecule has 0 amide bonds. The molecule has 1 N–H and O–H groups in total. The van der Waals surface area contributed by atoms with Crippen LogP contribution in [-0.2, 0) is 17.9 Å². The standard InChI is InChI=1S/C17H29NO2/c1-13(2)10-18-11-17-15(7-8-19-17)12-20-16-6-4-5-14(3)9-16/h7-8,13-14,16,18H,4-6,9-12H2,1-3H3. The molecule has 1 saturated carbocycles. The highest BCUT2D eigenvalue weighted by molar-refractivity contribution is 5.15. The van der Waals surface area contributed by atoms with Gasteiger partial charge in [0.05, 0.1) is 25.5 Å². The second-order valence-corrected chi connectivity index (χ2v) is 6.60. The molecule has 1 aromatic rings. The minimum Gasteiger partial charge on any atom is -0.468 e. The Balaban J connectivity index is 1.76. The van der Waals surface area contributed by atoms with Gasteiger partial charge in [-0.25, -0.2) is 0 Å². The van der Waals surface area contributed by atoms with E-state index in [1.165, 1.54) is 31.2 Å². The molecular weight excluding hydrogens is 250 g/mol. The van der Waals surface area contributed by atoms with Crippen LogP contribution in [0.4, 0.5) is 0 Å². The zero-order chi connectivity index (χ0) is 14.4. The topological polar surface area (TPSA) is 34.4 Å². The Labute approximate surface area is 123 Å². The maximum Gasteiger partial charge on any atom is 0.123 e. The predicted molar refractivity (Wildman–Crippen MR) is 81.5 cm³/mol. The lowest BCUT2D eigenvalue weighted by Gasteiger charge is -2.26. The Morgan fingerprint density at radius 2 is 2.25 bits per heavy atom. The first-order valence-electron chi connectivity index (χ1n) is 8.02. The quantitative estimate of drug-likeness (QED) is 0.815. The van der Waals surface area contributed by atoms with Crippen LogP contribution in [-0.4, -0.2) is 12.6 Å². The molecule has 1 aliphatic carbocycles. The lowest BCUT2D eigenvalue weighted by molar-refractivity contribution is 0.00407. The van der Waals surface area contributed by atoms with E-state index in [4.69, 9.17) is 9.15 Å². The minimum atomic E-state index is 0.435. The average molecular weight is 279 g/mol. The van der Waals surface area contributed by atoms with Gasteiger partial charge in [0.15, 0.2) is 0 Å². The maximum atomic E-state index is 6.08. The summed E-state index contributed by atoms with van der Waals surface area (Å²) in [4.78, 5) is 0. The van der Waals surface area contributed by atoms with Crippen molar-refractivity contribution in [2.24, 2.45) is 11.8 Å². The van der Waals surface area contributed by atoms with Crippen LogP contribution in [0.25, 0.3) is 0 Å². The summed E-state index contributed by atoms with van der Waals surface area (Å²) in [6.07, 6.45) is 7.29. The van der Waals surface area contributed by atoms with Gasteiger partial charge in [-0.2, -0.15) is 0 Å². The number of hydrogen-bond acceptors (Lipinski definition) is 3. The molecule has 0 aliphatic heterocycles. The van der Waals surface area contributed by atoms with Crippen LogP contribution in [0, 0.1) is 11.8 Å². The van der Waals surface area contributed by atoms with E-state index in [1.54, 1.807) is 6.26 Å². The van der Waals surface area contributed by atoms with E-state index in [0.29, 0.717) is 18.6 Å². The summed E-state index contributed by atoms with van der Waals surface area (Å²) >= 11 is 0. The number of hydrogen-bond donors (Lipinski definition) is 1. The van der Waals surface area contributed by atoms with E-state index >= 15 is 0 Å². The molecule has 0 radical (unpaired) electrons. The zero-order valence-electron chi connectivity index (χ0n) is 13.2. The second kappa shape index (κ2) is 7.84. The van der Waals surface area contributed by atoms with E-state index in [1.807, 2.05) is 6.07 Å². The van der Waals surface area contributed by atoms with E-state index in [-0.39, 0.29) is 0 Å². The third kappa shape index (κ3) is 4.95. The molecule has 0 bridgehead atoms. The summed E-state index contributed by atoms with van der Waals surface area (Å²) in [5, 5.41) is 3.42. The molecule has 20 heavy (non-hydrogen) atoms. The molecule has 2 unspecified atom stereocenters. The zero-order valence-corrected chi connectivity index (χ0v) is 13.2. The molecule has 0 spiro atoms. The fraction of sp³-hybridized carbons (Fsp3) is 0.765. The van der Waals surface area contributed by atoms with Crippen molar-refractivity contribution in [3.05, 3.63) is 23.7 Å². The summed E-state index contributed by atoms with van der Waals surface area (Å²) in [5.74, 6) is 2.49. The highest BCUT2D eigenvalue weighted by Crippen LogP contribution is 2.26. The Bertz CT molecular complexity index is 386. The number of nitrogens with one attached hydrogen (secondary N) is 1. The Kier molecular flexibility index (Phi) is 6.11. The first-order valence-corrected chi connectivity index (χ1v) is 8.02. The monoisotopic (exact) mass is 279 g/mol. The van der Waals surface area contributed by atoms with Crippen LogP contribution in [0.1, 0.15) is 57.8 Å². The van der Waals surface area contributed by atoms with Crippen LogP contribution >= 0.6 is 0 Å². The van der Waals surface area contributed by atoms with Crippen molar-refractivity contribution in [1.82, 2.24) is 5.32 Å². The van der Waals surface area contributed by atoms with E-state index < -0.39 is 0 Å². The first-order chi connectivity index (χ1) is 9.65. The molecule has 2 atom stereocenters. The van der Waals surface area contributed by atoms with Gasteiger partial charge in [0.1, 0.15) is 5.76 Å². The largest absolute Gasteiger partial charge is 0.468 e. The van der Waals surface area contributed by atoms with Crippen molar-refractivity contribution < 1.29 is 9.15 Å². The molecule has 114 valence electrons. The van der Waals surface area contributed by atoms with Gasteiger partial charge in [0.25, 0.3) is 0 Å². The van der Waals surface area contributed by atoms with Crippen molar-refractivity contribution in [1.29, 1.82) is 0 Å². The predicted octanol–water partition coefficient (Wildman–Crippen LogP) is 4.12. The van der Waals surface area contributed by atoms with Crippen molar-refractivity contribution in [3.63, 3.8) is 0 Å². The average Bonchev–Trinajstić information content (AvgIpc) is 2.84. The lowest BCUT2D eigenvalue weighted by Crippen LogP contribution is -2.22. The Morgan fingerprint density at radius 1 is 1.40 bits per heavy atom. The summed E-state index contributed by atoms with van der Waals surface area (Å²) < 4.78 is 11.6. The molecule has 3 nitrogen and oxygen atoms in total. The number of rotatable bonds is 7. The van der Waals surface area contributed by atoms with Gasteiger partial charge in [-0.1, -0.05) is 33.6 Å². The molecule has 1 fully saturated rings. The fourth-order valence-corrected chi connectivity index (χ4v) is 2.86. The van der Waals surface area contributed by atoms with Gasteiger partial charge in [-0.05, 0) is 37.3 Å². The number of ether oxygens (including phenoxy) is 1. The Hall–Kier alpha value is -0.800. The molecule has 0 aromatic carbocycles. The van der Waals surface area contributed by atoms with Crippen molar-refractivity contribution in [3.8, 4) is 0 Å². The summed E-state index contributed by atoms with van der Waals surface area (Å²) in [5.41, 5.74) is 1.19. The highest BCUT2D eigenvalue weighted by atomic mass is 16.5. The van der Waals surface area contributed by atoms with Gasteiger partial charge in [0, 0.05) is 5.56 Å². The summed E-state index contributed by atoms with van der Waals surface area (Å²) in [6, 6.07) is 2.04. The molecular formula is C17H29NO2. The fourth-order valence-electron chi connectivity index (χ4n) is 2.86. The van der Waals surface area contributed by atoms with Crippen LogP contribution in [0.2, 0.25) is 0 Å². The van der Waals surface area contributed by atoms with Gasteiger partial charge >= 0.3 is 0 Å². The van der Waals surface area contributed by atoms with Crippen LogP contribution < -0.4 is 5.32 Å². The van der Waals surface area contributed by atoms with Gasteiger partial charge in [-0.15, -0.1) is 0 Å². The van der Waals surface area contributed by atoms with E-state index in [2.05, 4.69) is 26.1 Å². The smallest absolute Gasteiger partial charge is 0.123 e. The van der Waals surface area contributed by atoms with Crippen LogP contribution in [0.5, 0.6) is 0 Å². The number of furan rings is 1. The second-order valence-electron chi connectivity index (χ2n) is 6.60. The van der Waals surface area contributed by atoms with Gasteiger partial charge < -0.3 is 14.5 Å². The van der Waals surface area contributed by atoms with Crippen LogP contribution in [0.15, 0.2) is 16.7 Å². The highest BCUT2D eigenvalue weighted by Gasteiger charge is 2.19. The maximum absolute atomic E-state index is 6.08. The Morgan fingerprint density at radius 3 is 3.00 bits per heavy atom. The SMILES string of the molecule is CC(C)CNCc1occc1COC1CCCC(C)C1. The molecule has 1 aromatic heterocycles. The minimum absolute atomic E-state index is 0.435. The third-order valence-electron chi connectivity index (χ3n) is 4.04. The normalized spacial score (nSPS) is 23.4. The lowest BCUT2D eigenvalue weighted by atomic mass is 9.89. The van der Waals surface area contributed by atoms with Crippen molar-refractivity contribution in [2.75, 3.05) is 6.54 Å². The van der Waals surface area contributed by atoms with E-state index in [0.717, 1.165) is 24.8 Å². The third-order valence-corrected chi connectivity index (χ3v) is 4.04. The molecule has 0 saturated heterocycles. The molecule has 1 heterocycles. The van der Waals surface area contributed by atoms with E-state index in [9.17, 15) is 0 Å². The first kappa shape index (κ1) is 15.6. The van der Waals surface area contributed by atoms with Gasteiger partial charge in [-0.3, -0.25) is 0 Å². The van der Waals surface area contributed by atoms with Crippen molar-refractivity contribution in [2.45, 2.75) is 65.7 Å². The molecule has 2 rings (SSSR count). The summed E-state index contributed by atoms with van der Waals surface area (Å²) in [6.45, 7) is 9.25. The van der Waals surface area contributed by atoms with Gasteiger partial charge in [0.2, 0.25) is 0 Å². The van der Waals surface area contributed by atoms with Crippen molar-refractivity contribution >= 4 is 0 Å². The van der Waals surface area contributed by atoms with Crippen LogP contribution in [0.3, 0.4) is 0 Å². The molecule has 1 aliphatic rings. The summed E-state index contributed by atoms with van der Waals surface area (Å²) in [7, 11) is 0.